The second-order valence-corrected chi connectivity index (χ2v) is 12.5. The van der Waals surface area contributed by atoms with E-state index in [1.54, 1.807) is 0 Å². The maximum absolute atomic E-state index is 5.22. The molecule has 0 radical (unpaired) electrons. The highest BCUT2D eigenvalue weighted by Gasteiger charge is 2.14. The van der Waals surface area contributed by atoms with Gasteiger partial charge in [0.15, 0.2) is 5.82 Å². The minimum absolute atomic E-state index is 0.712. The molecule has 50 heavy (non-hydrogen) atoms. The van der Waals surface area contributed by atoms with E-state index in [1.807, 2.05) is 36.4 Å². The van der Waals surface area contributed by atoms with Crippen molar-refractivity contribution >= 4 is 21.7 Å². The minimum atomic E-state index is 0.712. The van der Waals surface area contributed by atoms with Crippen molar-refractivity contribution in [1.82, 2.24) is 15.0 Å². The summed E-state index contributed by atoms with van der Waals surface area (Å²) in [7, 11) is 0. The number of pyridine rings is 1. The summed E-state index contributed by atoms with van der Waals surface area (Å²) in [5.74, 6) is 0.712. The van der Waals surface area contributed by atoms with Gasteiger partial charge in [0.2, 0.25) is 0 Å². The van der Waals surface area contributed by atoms with Crippen LogP contribution in [0, 0.1) is 0 Å². The third-order valence-electron chi connectivity index (χ3n) is 9.28. The van der Waals surface area contributed by atoms with Crippen molar-refractivity contribution in [2.45, 2.75) is 0 Å². The maximum Gasteiger partial charge on any atom is 0.160 e. The van der Waals surface area contributed by atoms with E-state index in [4.69, 9.17) is 15.0 Å². The number of nitrogens with zero attached hydrogens (tertiary/aromatic N) is 3. The van der Waals surface area contributed by atoms with Crippen LogP contribution in [-0.2, 0) is 0 Å². The van der Waals surface area contributed by atoms with Crippen LogP contribution < -0.4 is 0 Å². The SMILES string of the molecule is c1ccc(-c2cc(-c3ccc(-c4cccc(-c5cc(-c6ccccc6)c6c(ccc7ccccc76)n5)c4)cc3)nc(-c3ccccc3)n2)cc1. The van der Waals surface area contributed by atoms with E-state index in [0.717, 1.165) is 56.0 Å². The molecule has 0 amide bonds. The second kappa shape index (κ2) is 12.7. The summed E-state index contributed by atoms with van der Waals surface area (Å²) in [6, 6.07) is 65.6. The molecule has 0 saturated carbocycles. The van der Waals surface area contributed by atoms with E-state index in [-0.39, 0.29) is 0 Å². The molecule has 9 rings (SSSR count). The Kier molecular flexibility index (Phi) is 7.49. The normalized spacial score (nSPS) is 11.2. The summed E-state index contributed by atoms with van der Waals surface area (Å²) in [5.41, 5.74) is 12.5. The Labute approximate surface area is 291 Å². The van der Waals surface area contributed by atoms with Gasteiger partial charge in [-0.1, -0.05) is 164 Å². The Morgan fingerprint density at radius 3 is 1.56 bits per heavy atom. The summed E-state index contributed by atoms with van der Waals surface area (Å²) >= 11 is 0. The topological polar surface area (TPSA) is 38.7 Å². The van der Waals surface area contributed by atoms with Gasteiger partial charge in [0.25, 0.3) is 0 Å². The van der Waals surface area contributed by atoms with Gasteiger partial charge in [0.1, 0.15) is 0 Å². The monoisotopic (exact) mass is 637 g/mol. The summed E-state index contributed by atoms with van der Waals surface area (Å²) in [6.07, 6.45) is 0. The Hall–Kier alpha value is -6.71. The number of benzene rings is 7. The van der Waals surface area contributed by atoms with Crippen LogP contribution in [0.1, 0.15) is 0 Å². The first kappa shape index (κ1) is 29.4. The summed E-state index contributed by atoms with van der Waals surface area (Å²) in [4.78, 5) is 15.2. The first-order chi connectivity index (χ1) is 24.8. The van der Waals surface area contributed by atoms with Crippen LogP contribution in [0.2, 0.25) is 0 Å². The molecule has 7 aromatic carbocycles. The minimum Gasteiger partial charge on any atom is -0.248 e. The molecular formula is C47H31N3. The molecular weight excluding hydrogens is 607 g/mol. The molecule has 0 aliphatic rings. The lowest BCUT2D eigenvalue weighted by Crippen LogP contribution is -1.95. The lowest BCUT2D eigenvalue weighted by atomic mass is 9.94. The van der Waals surface area contributed by atoms with Crippen molar-refractivity contribution in [1.29, 1.82) is 0 Å². The van der Waals surface area contributed by atoms with Gasteiger partial charge < -0.3 is 0 Å². The highest BCUT2D eigenvalue weighted by atomic mass is 14.9. The first-order valence-corrected chi connectivity index (χ1v) is 16.9. The van der Waals surface area contributed by atoms with Crippen molar-refractivity contribution in [2.24, 2.45) is 0 Å². The van der Waals surface area contributed by atoms with Gasteiger partial charge in [-0.15, -0.1) is 0 Å². The molecule has 234 valence electrons. The largest absolute Gasteiger partial charge is 0.248 e. The van der Waals surface area contributed by atoms with Crippen molar-refractivity contribution in [2.75, 3.05) is 0 Å². The predicted molar refractivity (Wildman–Crippen MR) is 207 cm³/mol. The Morgan fingerprint density at radius 1 is 0.300 bits per heavy atom. The standard InChI is InChI=1S/C47H31N3/c1-4-13-33(14-5-1)41-30-43(48-42-28-27-34-15-10-11-22-40(34)46(41)42)39-21-12-20-38(29-39)32-23-25-36(26-24-32)45-31-44(35-16-6-2-7-17-35)49-47(50-45)37-18-8-3-9-19-37/h1-31H. The average molecular weight is 638 g/mol. The van der Waals surface area contributed by atoms with Gasteiger partial charge >= 0.3 is 0 Å². The van der Waals surface area contributed by atoms with Gasteiger partial charge in [0, 0.05) is 27.6 Å². The van der Waals surface area contributed by atoms with Gasteiger partial charge in [-0.25, -0.2) is 15.0 Å². The fourth-order valence-electron chi connectivity index (χ4n) is 6.76. The molecule has 0 atom stereocenters. The van der Waals surface area contributed by atoms with Crippen LogP contribution >= 0.6 is 0 Å². The molecule has 3 nitrogen and oxygen atoms in total. The maximum atomic E-state index is 5.22. The number of rotatable bonds is 6. The molecule has 0 aliphatic carbocycles. The zero-order valence-corrected chi connectivity index (χ0v) is 27.2. The van der Waals surface area contributed by atoms with Crippen LogP contribution in [0.4, 0.5) is 0 Å². The number of hydrogen-bond donors (Lipinski definition) is 0. The molecule has 3 heteroatoms. The van der Waals surface area contributed by atoms with Crippen molar-refractivity contribution < 1.29 is 0 Å². The van der Waals surface area contributed by atoms with E-state index in [1.165, 1.54) is 27.3 Å². The fourth-order valence-corrected chi connectivity index (χ4v) is 6.76. The molecule has 0 spiro atoms. The molecule has 0 fully saturated rings. The molecule has 2 aromatic heterocycles. The quantitative estimate of drug-likeness (QED) is 0.170. The van der Waals surface area contributed by atoms with E-state index in [0.29, 0.717) is 5.82 Å². The molecule has 9 aromatic rings. The summed E-state index contributed by atoms with van der Waals surface area (Å²) in [6.45, 7) is 0. The smallest absolute Gasteiger partial charge is 0.160 e. The molecule has 0 bridgehead atoms. The predicted octanol–water partition coefficient (Wildman–Crippen LogP) is 12.2. The van der Waals surface area contributed by atoms with Crippen LogP contribution in [0.25, 0.3) is 89.1 Å². The second-order valence-electron chi connectivity index (χ2n) is 12.5. The molecule has 0 N–H and O–H groups in total. The Morgan fingerprint density at radius 2 is 0.840 bits per heavy atom. The van der Waals surface area contributed by atoms with Crippen molar-refractivity contribution in [3.05, 3.63) is 188 Å². The average Bonchev–Trinajstić information content (AvgIpc) is 3.21. The van der Waals surface area contributed by atoms with Gasteiger partial charge in [-0.2, -0.15) is 0 Å². The Bertz CT molecular complexity index is 2560. The van der Waals surface area contributed by atoms with E-state index >= 15 is 0 Å². The van der Waals surface area contributed by atoms with Crippen LogP contribution in [-0.4, -0.2) is 15.0 Å². The zero-order chi connectivity index (χ0) is 33.3. The van der Waals surface area contributed by atoms with Gasteiger partial charge in [-0.05, 0) is 57.3 Å². The molecule has 2 heterocycles. The highest BCUT2D eigenvalue weighted by Crippen LogP contribution is 2.37. The van der Waals surface area contributed by atoms with E-state index in [2.05, 4.69) is 152 Å². The van der Waals surface area contributed by atoms with Gasteiger partial charge in [-0.3, -0.25) is 0 Å². The lowest BCUT2D eigenvalue weighted by Gasteiger charge is -2.14. The summed E-state index contributed by atoms with van der Waals surface area (Å²) in [5, 5.41) is 3.61. The number of hydrogen-bond acceptors (Lipinski definition) is 3. The molecule has 0 unspecified atom stereocenters. The van der Waals surface area contributed by atoms with E-state index in [9.17, 15) is 0 Å². The molecule has 0 aliphatic heterocycles. The van der Waals surface area contributed by atoms with Crippen LogP contribution in [0.3, 0.4) is 0 Å². The molecule has 0 saturated heterocycles. The fraction of sp³-hybridized carbons (Fsp3) is 0. The van der Waals surface area contributed by atoms with Crippen molar-refractivity contribution in [3.63, 3.8) is 0 Å². The highest BCUT2D eigenvalue weighted by molar-refractivity contribution is 6.13. The van der Waals surface area contributed by atoms with E-state index < -0.39 is 0 Å². The Balaban J connectivity index is 1.10. The third-order valence-corrected chi connectivity index (χ3v) is 9.28. The number of aromatic nitrogens is 3. The van der Waals surface area contributed by atoms with Crippen molar-refractivity contribution in [3.8, 4) is 67.4 Å². The zero-order valence-electron chi connectivity index (χ0n) is 27.2. The first-order valence-electron chi connectivity index (χ1n) is 16.9. The lowest BCUT2D eigenvalue weighted by molar-refractivity contribution is 1.18. The number of fused-ring (bicyclic) bond motifs is 3. The van der Waals surface area contributed by atoms with Gasteiger partial charge in [0.05, 0.1) is 22.6 Å². The van der Waals surface area contributed by atoms with Crippen LogP contribution in [0.5, 0.6) is 0 Å². The van der Waals surface area contributed by atoms with Crippen LogP contribution in [0.15, 0.2) is 188 Å². The third kappa shape index (κ3) is 5.61. The summed E-state index contributed by atoms with van der Waals surface area (Å²) < 4.78 is 0.